The molecule has 0 bridgehead atoms. The summed E-state index contributed by atoms with van der Waals surface area (Å²) in [4.78, 5) is 9.74. The number of nitro groups is 1. The number of nitrogens with zero attached hydrogens (tertiary/aromatic N) is 1. The van der Waals surface area contributed by atoms with Gasteiger partial charge in [0.2, 0.25) is 0 Å². The largest absolute Gasteiger partial charge is 0.433 e. The summed E-state index contributed by atoms with van der Waals surface area (Å²) in [5.74, 6) is -0.239. The number of benzene rings is 1. The van der Waals surface area contributed by atoms with Crippen LogP contribution in [0.25, 0.3) is 0 Å². The average Bonchev–Trinajstić information content (AvgIpc) is 2.85. The second-order valence-corrected chi connectivity index (χ2v) is 4.45. The fraction of sp³-hybridized carbons (Fsp3) is 0.167. The smallest absolute Gasteiger partial charge is 0.404 e. The predicted molar refractivity (Wildman–Crippen MR) is 69.1 cm³/mol. The molecule has 0 unspecified atom stereocenters. The standard InChI is InChI=1S/C12H8ClF3N2O3/c13-9-3-1-7(12(14,15)16)5-10(9)17-6-8-2-4-11(21-8)18(19)20/h1-5,17H,6H2. The molecule has 0 saturated carbocycles. The van der Waals surface area contributed by atoms with Crippen LogP contribution in [0.2, 0.25) is 5.02 Å². The molecule has 1 heterocycles. The van der Waals surface area contributed by atoms with Crippen LogP contribution in [0.1, 0.15) is 11.3 Å². The lowest BCUT2D eigenvalue weighted by atomic mass is 10.2. The second kappa shape index (κ2) is 5.65. The van der Waals surface area contributed by atoms with E-state index in [4.69, 9.17) is 16.0 Å². The molecule has 1 aromatic carbocycles. The number of nitrogens with one attached hydrogen (secondary N) is 1. The summed E-state index contributed by atoms with van der Waals surface area (Å²) < 4.78 is 42.6. The first kappa shape index (κ1) is 15.2. The Hall–Kier alpha value is -2.22. The molecule has 9 heteroatoms. The zero-order chi connectivity index (χ0) is 15.6. The van der Waals surface area contributed by atoms with Gasteiger partial charge in [-0.25, -0.2) is 0 Å². The Morgan fingerprint density at radius 2 is 2.00 bits per heavy atom. The molecular weight excluding hydrogens is 313 g/mol. The van der Waals surface area contributed by atoms with Crippen LogP contribution in [0.4, 0.5) is 24.7 Å². The number of hydrogen-bond donors (Lipinski definition) is 1. The summed E-state index contributed by atoms with van der Waals surface area (Å²) in [7, 11) is 0. The van der Waals surface area contributed by atoms with E-state index in [1.165, 1.54) is 6.07 Å². The number of halogens is 4. The van der Waals surface area contributed by atoms with Crippen molar-refractivity contribution >= 4 is 23.2 Å². The molecule has 1 aromatic heterocycles. The van der Waals surface area contributed by atoms with Crippen molar-refractivity contribution in [2.45, 2.75) is 12.7 Å². The van der Waals surface area contributed by atoms with E-state index in [9.17, 15) is 23.3 Å². The SMILES string of the molecule is O=[N+]([O-])c1ccc(CNc2cc(C(F)(F)F)ccc2Cl)o1. The third-order valence-electron chi connectivity index (χ3n) is 2.57. The van der Waals surface area contributed by atoms with E-state index in [-0.39, 0.29) is 23.0 Å². The zero-order valence-electron chi connectivity index (χ0n) is 10.3. The number of furan rings is 1. The van der Waals surface area contributed by atoms with Crippen LogP contribution in [-0.2, 0) is 12.7 Å². The highest BCUT2D eigenvalue weighted by Crippen LogP contribution is 2.34. The van der Waals surface area contributed by atoms with Crippen molar-refractivity contribution in [1.82, 2.24) is 0 Å². The minimum Gasteiger partial charge on any atom is -0.404 e. The van der Waals surface area contributed by atoms with Crippen molar-refractivity contribution in [1.29, 1.82) is 0 Å². The van der Waals surface area contributed by atoms with Crippen LogP contribution < -0.4 is 5.32 Å². The maximum Gasteiger partial charge on any atom is 0.433 e. The monoisotopic (exact) mass is 320 g/mol. The van der Waals surface area contributed by atoms with Crippen LogP contribution in [0.3, 0.4) is 0 Å². The van der Waals surface area contributed by atoms with Crippen LogP contribution in [-0.4, -0.2) is 4.92 Å². The van der Waals surface area contributed by atoms with Gasteiger partial charge >= 0.3 is 12.1 Å². The van der Waals surface area contributed by atoms with Crippen molar-refractivity contribution < 1.29 is 22.5 Å². The lowest BCUT2D eigenvalue weighted by molar-refractivity contribution is -0.402. The highest BCUT2D eigenvalue weighted by Gasteiger charge is 2.30. The van der Waals surface area contributed by atoms with Gasteiger partial charge in [0, 0.05) is 0 Å². The minimum atomic E-state index is -4.48. The molecule has 21 heavy (non-hydrogen) atoms. The number of alkyl halides is 3. The molecule has 0 aliphatic rings. The highest BCUT2D eigenvalue weighted by atomic mass is 35.5. The van der Waals surface area contributed by atoms with Crippen LogP contribution in [0.5, 0.6) is 0 Å². The molecule has 112 valence electrons. The molecule has 0 atom stereocenters. The van der Waals surface area contributed by atoms with E-state index in [1.54, 1.807) is 0 Å². The quantitative estimate of drug-likeness (QED) is 0.666. The first-order valence-electron chi connectivity index (χ1n) is 5.61. The number of rotatable bonds is 4. The summed E-state index contributed by atoms with van der Waals surface area (Å²) in [6.45, 7) is -0.0329. The lowest BCUT2D eigenvalue weighted by Crippen LogP contribution is -2.06. The topological polar surface area (TPSA) is 68.3 Å². The average molecular weight is 321 g/mol. The molecule has 0 radical (unpaired) electrons. The molecular formula is C12H8ClF3N2O3. The summed E-state index contributed by atoms with van der Waals surface area (Å²) in [5.41, 5.74) is -0.787. The van der Waals surface area contributed by atoms with Crippen molar-refractivity contribution in [3.63, 3.8) is 0 Å². The van der Waals surface area contributed by atoms with Crippen molar-refractivity contribution in [3.05, 3.63) is 56.8 Å². The van der Waals surface area contributed by atoms with Crippen molar-refractivity contribution in [2.75, 3.05) is 5.32 Å². The van der Waals surface area contributed by atoms with E-state index in [0.717, 1.165) is 24.3 Å². The number of hydrogen-bond acceptors (Lipinski definition) is 4. The van der Waals surface area contributed by atoms with E-state index in [1.807, 2.05) is 0 Å². The van der Waals surface area contributed by atoms with Gasteiger partial charge in [-0.05, 0) is 24.3 Å². The van der Waals surface area contributed by atoms with Crippen LogP contribution in [0.15, 0.2) is 34.7 Å². The summed E-state index contributed by atoms with van der Waals surface area (Å²) in [6.07, 6.45) is -4.48. The molecule has 1 N–H and O–H groups in total. The molecule has 0 saturated heterocycles. The Labute approximate surface area is 121 Å². The Kier molecular flexibility index (Phi) is 4.08. The van der Waals surface area contributed by atoms with Crippen LogP contribution >= 0.6 is 11.6 Å². The van der Waals surface area contributed by atoms with Gasteiger partial charge in [0.25, 0.3) is 0 Å². The highest BCUT2D eigenvalue weighted by molar-refractivity contribution is 6.33. The van der Waals surface area contributed by atoms with Crippen LogP contribution in [0, 0.1) is 10.1 Å². The lowest BCUT2D eigenvalue weighted by Gasteiger charge is -2.11. The van der Waals surface area contributed by atoms with Gasteiger partial charge in [0.05, 0.1) is 28.9 Å². The third-order valence-corrected chi connectivity index (χ3v) is 2.90. The third kappa shape index (κ3) is 3.66. The molecule has 2 rings (SSSR count). The Bertz CT molecular complexity index is 670. The molecule has 0 aliphatic carbocycles. The Morgan fingerprint density at radius 3 is 2.57 bits per heavy atom. The Morgan fingerprint density at radius 1 is 1.29 bits per heavy atom. The first-order chi connectivity index (χ1) is 9.77. The molecule has 0 amide bonds. The zero-order valence-corrected chi connectivity index (χ0v) is 11.0. The molecule has 5 nitrogen and oxygen atoms in total. The van der Waals surface area contributed by atoms with Crippen molar-refractivity contribution in [3.8, 4) is 0 Å². The van der Waals surface area contributed by atoms with Gasteiger partial charge in [-0.1, -0.05) is 11.6 Å². The Balaban J connectivity index is 2.13. The van der Waals surface area contributed by atoms with Crippen molar-refractivity contribution in [2.24, 2.45) is 0 Å². The fourth-order valence-corrected chi connectivity index (χ4v) is 1.76. The predicted octanol–water partition coefficient (Wildman–Crippen LogP) is 4.47. The second-order valence-electron chi connectivity index (χ2n) is 4.04. The normalized spacial score (nSPS) is 11.4. The van der Waals surface area contributed by atoms with E-state index < -0.39 is 22.5 Å². The van der Waals surface area contributed by atoms with Gasteiger partial charge < -0.3 is 9.73 Å². The van der Waals surface area contributed by atoms with Gasteiger partial charge in [-0.2, -0.15) is 13.2 Å². The van der Waals surface area contributed by atoms with Gasteiger partial charge in [0.1, 0.15) is 10.7 Å². The van der Waals surface area contributed by atoms with E-state index in [2.05, 4.69) is 5.32 Å². The van der Waals surface area contributed by atoms with Gasteiger partial charge in [-0.15, -0.1) is 0 Å². The molecule has 0 fully saturated rings. The summed E-state index contributed by atoms with van der Waals surface area (Å²) in [5, 5.41) is 13.2. The molecule has 0 aliphatic heterocycles. The molecule has 0 spiro atoms. The summed E-state index contributed by atoms with van der Waals surface area (Å²) >= 11 is 5.80. The number of anilines is 1. The fourth-order valence-electron chi connectivity index (χ4n) is 1.58. The van der Waals surface area contributed by atoms with Gasteiger partial charge in [0.15, 0.2) is 0 Å². The first-order valence-corrected chi connectivity index (χ1v) is 5.99. The van der Waals surface area contributed by atoms with E-state index >= 15 is 0 Å². The van der Waals surface area contributed by atoms with Gasteiger partial charge in [-0.3, -0.25) is 10.1 Å². The summed E-state index contributed by atoms with van der Waals surface area (Å²) in [6, 6.07) is 5.36. The maximum atomic E-state index is 12.6. The minimum absolute atomic E-state index is 0.0329. The molecule has 2 aromatic rings. The maximum absolute atomic E-state index is 12.6. The van der Waals surface area contributed by atoms with E-state index in [0.29, 0.717) is 0 Å².